The zero-order valence-corrected chi connectivity index (χ0v) is 38.2. The van der Waals surface area contributed by atoms with Gasteiger partial charge in [-0.05, 0) is 73.8 Å². The third-order valence-electron chi connectivity index (χ3n) is 11.3. The maximum Gasteiger partial charge on any atom is 0.416 e. The SMILES string of the molecule is CCC1C[C@]1(NC(=O)C1CCCN1C(=O)[C@@H](Nc1cccc(C(F)(F)F)c1)C(C)(C)C)C(=O)NS(=O)(=O)N(C)C.COc1ccc2c(=O)cc(-c3nc(C(C)C)cs3)[nH]c2c1C. The van der Waals surface area contributed by atoms with Crippen molar-refractivity contribution in [3.8, 4) is 16.5 Å². The Hall–Kier alpha value is -5.01. The number of rotatable bonds is 12. The Morgan fingerprint density at radius 3 is 2.37 bits per heavy atom. The molecule has 4 atom stereocenters. The molecule has 1 aliphatic carbocycles. The van der Waals surface area contributed by atoms with Gasteiger partial charge in [-0.3, -0.25) is 19.2 Å². The monoisotopic (exact) mass is 903 g/mol. The van der Waals surface area contributed by atoms with Crippen LogP contribution in [0.5, 0.6) is 5.75 Å². The Morgan fingerprint density at radius 1 is 1.11 bits per heavy atom. The second-order valence-electron chi connectivity index (χ2n) is 17.3. The van der Waals surface area contributed by atoms with Gasteiger partial charge in [0.15, 0.2) is 5.43 Å². The molecule has 0 radical (unpaired) electrons. The standard InChI is InChI=1S/C26H38F3N5O5S.C17H18N2O2S/c1-7-16-15-25(16,23(37)32-40(38,39)33(5)6)31-21(35)19-12-9-13-34(19)22(36)20(24(2,3)4)30-18-11-8-10-17(14-18)26(27,28)29;1-9(2)13-8-22-17(19-13)12-7-14(20)11-5-6-15(21-4)10(3)16(11)18-12/h8,10-11,14,16,19-20,30H,7,9,12-13,15H2,1-6H3,(H,31,35)(H,32,37);5-9H,1-4H3,(H,18,20)/t16?,19?,20-,25-;/m1./s1. The normalized spacial score (nSPS) is 19.5. The summed E-state index contributed by atoms with van der Waals surface area (Å²) in [5.41, 5.74) is 0.648. The minimum absolute atomic E-state index is 0.00389. The molecule has 6 rings (SSSR count). The number of nitrogens with zero attached hydrogens (tertiary/aromatic N) is 3. The summed E-state index contributed by atoms with van der Waals surface area (Å²) < 4.78 is 72.5. The number of benzene rings is 2. The number of aryl methyl sites for hydroxylation is 1. The molecule has 62 heavy (non-hydrogen) atoms. The lowest BCUT2D eigenvalue weighted by molar-refractivity contribution is -0.141. The summed E-state index contributed by atoms with van der Waals surface area (Å²) >= 11 is 1.55. The van der Waals surface area contributed by atoms with E-state index in [0.29, 0.717) is 30.6 Å². The molecule has 2 unspecified atom stereocenters. The number of likely N-dealkylation sites (tertiary alicyclic amines) is 1. The van der Waals surface area contributed by atoms with Gasteiger partial charge in [-0.2, -0.15) is 25.9 Å². The number of aromatic nitrogens is 2. The Labute approximate surface area is 364 Å². The quantitative estimate of drug-likeness (QED) is 0.119. The van der Waals surface area contributed by atoms with Crippen molar-refractivity contribution in [2.24, 2.45) is 11.3 Å². The van der Waals surface area contributed by atoms with E-state index in [0.717, 1.165) is 49.7 Å². The average Bonchev–Trinajstić information content (AvgIpc) is 3.49. The molecule has 4 aromatic rings. The van der Waals surface area contributed by atoms with Crippen LogP contribution < -0.4 is 25.5 Å². The molecular formula is C43H56F3N7O7S2. The van der Waals surface area contributed by atoms with E-state index in [4.69, 9.17) is 4.74 Å². The maximum atomic E-state index is 13.8. The number of alkyl halides is 3. The molecule has 0 spiro atoms. The Balaban J connectivity index is 0.000000276. The molecule has 3 heterocycles. The molecule has 3 amide bonds. The summed E-state index contributed by atoms with van der Waals surface area (Å²) in [4.78, 5) is 62.0. The molecule has 1 saturated heterocycles. The number of H-pyrrole nitrogens is 1. The zero-order valence-electron chi connectivity index (χ0n) is 36.6. The van der Waals surface area contributed by atoms with Gasteiger partial charge >= 0.3 is 16.4 Å². The lowest BCUT2D eigenvalue weighted by Crippen LogP contribution is -2.59. The first-order valence-electron chi connectivity index (χ1n) is 20.3. The molecule has 19 heteroatoms. The van der Waals surface area contributed by atoms with Crippen molar-refractivity contribution in [3.05, 3.63) is 74.9 Å². The number of nitrogens with one attached hydrogen (secondary N) is 4. The van der Waals surface area contributed by atoms with Crippen LogP contribution in [-0.4, -0.2) is 90.7 Å². The summed E-state index contributed by atoms with van der Waals surface area (Å²) in [6.07, 6.45) is -2.94. The number of pyridine rings is 1. The number of ether oxygens (including phenoxy) is 1. The third-order valence-corrected chi connectivity index (χ3v) is 13.6. The molecule has 1 aliphatic heterocycles. The van der Waals surface area contributed by atoms with E-state index < -0.39 is 62.7 Å². The highest BCUT2D eigenvalue weighted by Gasteiger charge is 2.61. The molecule has 14 nitrogen and oxygen atoms in total. The Kier molecular flexibility index (Phi) is 14.2. The number of aromatic amines is 1. The van der Waals surface area contributed by atoms with Crippen molar-refractivity contribution >= 4 is 55.9 Å². The van der Waals surface area contributed by atoms with Crippen LogP contribution in [0.2, 0.25) is 0 Å². The molecule has 2 aliphatic rings. The van der Waals surface area contributed by atoms with Gasteiger partial charge in [-0.1, -0.05) is 54.0 Å². The fourth-order valence-corrected chi connectivity index (χ4v) is 8.98. The number of carbonyl (C=O) groups excluding carboxylic acids is 3. The molecule has 2 fully saturated rings. The highest BCUT2D eigenvalue weighted by Crippen LogP contribution is 2.46. The number of hydrogen-bond donors (Lipinski definition) is 4. The van der Waals surface area contributed by atoms with Crippen LogP contribution in [0.3, 0.4) is 0 Å². The fraction of sp³-hybridized carbons (Fsp3) is 0.512. The number of amides is 3. The minimum Gasteiger partial charge on any atom is -0.496 e. The van der Waals surface area contributed by atoms with Gasteiger partial charge in [0.25, 0.3) is 5.91 Å². The van der Waals surface area contributed by atoms with Crippen LogP contribution in [0.15, 0.2) is 52.6 Å². The summed E-state index contributed by atoms with van der Waals surface area (Å²) in [6.45, 7) is 13.5. The van der Waals surface area contributed by atoms with Crippen LogP contribution >= 0.6 is 11.3 Å². The van der Waals surface area contributed by atoms with Gasteiger partial charge in [-0.25, -0.2) is 9.71 Å². The summed E-state index contributed by atoms with van der Waals surface area (Å²) in [6, 6.07) is 7.93. The number of anilines is 1. The second-order valence-corrected chi connectivity index (χ2v) is 20.0. The van der Waals surface area contributed by atoms with Crippen LogP contribution in [-0.2, 0) is 30.8 Å². The van der Waals surface area contributed by atoms with Gasteiger partial charge in [0.2, 0.25) is 11.8 Å². The van der Waals surface area contributed by atoms with E-state index in [2.05, 4.69) is 34.4 Å². The van der Waals surface area contributed by atoms with Gasteiger partial charge in [0.1, 0.15) is 28.4 Å². The number of methoxy groups -OCH3 is 1. The third kappa shape index (κ3) is 10.4. The van der Waals surface area contributed by atoms with Crippen molar-refractivity contribution in [2.45, 2.75) is 104 Å². The van der Waals surface area contributed by atoms with Crippen molar-refractivity contribution in [2.75, 3.05) is 33.1 Å². The molecule has 0 bridgehead atoms. The number of fused-ring (bicyclic) bond motifs is 1. The molecule has 1 saturated carbocycles. The van der Waals surface area contributed by atoms with Gasteiger partial charge in [-0.15, -0.1) is 11.3 Å². The predicted octanol–water partition coefficient (Wildman–Crippen LogP) is 6.82. The van der Waals surface area contributed by atoms with Crippen molar-refractivity contribution in [1.82, 2.24) is 29.2 Å². The van der Waals surface area contributed by atoms with E-state index in [-0.39, 0.29) is 30.0 Å². The molecule has 2 aromatic heterocycles. The largest absolute Gasteiger partial charge is 0.496 e. The van der Waals surface area contributed by atoms with Gasteiger partial charge in [0.05, 0.1) is 29.6 Å². The van der Waals surface area contributed by atoms with E-state index in [1.54, 1.807) is 51.4 Å². The van der Waals surface area contributed by atoms with Crippen LogP contribution in [0.4, 0.5) is 18.9 Å². The van der Waals surface area contributed by atoms with Crippen LogP contribution in [0.25, 0.3) is 21.6 Å². The Bertz CT molecular complexity index is 2480. The molecule has 2 aromatic carbocycles. The smallest absolute Gasteiger partial charge is 0.416 e. The predicted molar refractivity (Wildman–Crippen MR) is 234 cm³/mol. The van der Waals surface area contributed by atoms with E-state index in [1.165, 1.54) is 31.1 Å². The van der Waals surface area contributed by atoms with Gasteiger partial charge in [0, 0.05) is 48.7 Å². The van der Waals surface area contributed by atoms with Crippen molar-refractivity contribution in [3.63, 3.8) is 0 Å². The first-order valence-corrected chi connectivity index (χ1v) is 22.6. The summed E-state index contributed by atoms with van der Waals surface area (Å²) in [5, 5.41) is 9.22. The van der Waals surface area contributed by atoms with Crippen LogP contribution in [0, 0.1) is 18.3 Å². The topological polar surface area (TPSA) is 183 Å². The van der Waals surface area contributed by atoms with E-state index in [9.17, 15) is 40.8 Å². The Morgan fingerprint density at radius 2 is 1.81 bits per heavy atom. The molecule has 338 valence electrons. The number of carbonyl (C=O) groups is 3. The first-order chi connectivity index (χ1) is 28.8. The first kappa shape index (κ1) is 48.0. The van der Waals surface area contributed by atoms with Crippen LogP contribution in [0.1, 0.15) is 90.0 Å². The molecule has 4 N–H and O–H groups in total. The second kappa shape index (κ2) is 18.4. The highest BCUT2D eigenvalue weighted by molar-refractivity contribution is 7.87. The highest BCUT2D eigenvalue weighted by atomic mass is 32.2. The lowest BCUT2D eigenvalue weighted by atomic mass is 9.85. The maximum absolute atomic E-state index is 13.8. The number of hydrogen-bond acceptors (Lipinski definition) is 10. The van der Waals surface area contributed by atoms with Gasteiger partial charge < -0.3 is 25.3 Å². The molecular weight excluding hydrogens is 848 g/mol. The number of thiazole rings is 1. The van der Waals surface area contributed by atoms with Crippen molar-refractivity contribution in [1.29, 1.82) is 0 Å². The van der Waals surface area contributed by atoms with E-state index >= 15 is 0 Å². The zero-order chi connectivity index (χ0) is 46.1. The minimum atomic E-state index is -4.55. The van der Waals surface area contributed by atoms with E-state index in [1.807, 2.05) is 30.0 Å². The fourth-order valence-electron chi connectivity index (χ4n) is 7.43. The van der Waals surface area contributed by atoms with Crippen molar-refractivity contribution < 1.29 is 40.7 Å². The average molecular weight is 904 g/mol. The lowest BCUT2D eigenvalue weighted by Gasteiger charge is -2.36. The summed E-state index contributed by atoms with van der Waals surface area (Å²) in [7, 11) is 0.0891. The number of halogens is 3. The summed E-state index contributed by atoms with van der Waals surface area (Å²) in [5.74, 6) is -1.01.